The zero-order valence-electron chi connectivity index (χ0n) is 12.7. The minimum absolute atomic E-state index is 0.392. The average molecular weight is 311 g/mol. The number of sulfonamides is 1. The van der Waals surface area contributed by atoms with E-state index in [9.17, 15) is 8.42 Å². The van der Waals surface area contributed by atoms with Crippen LogP contribution in [-0.4, -0.2) is 57.4 Å². The predicted octanol–water partition coefficient (Wildman–Crippen LogP) is 0.904. The van der Waals surface area contributed by atoms with Gasteiger partial charge in [0.2, 0.25) is 10.0 Å². The van der Waals surface area contributed by atoms with Crippen LogP contribution in [0.1, 0.15) is 18.4 Å². The molecule has 0 spiro atoms. The molecule has 6 heteroatoms. The summed E-state index contributed by atoms with van der Waals surface area (Å²) in [6.45, 7) is 3.55. The molecule has 1 aliphatic heterocycles. The van der Waals surface area contributed by atoms with Crippen LogP contribution in [0.25, 0.3) is 0 Å². The molecule has 1 aromatic carbocycles. The fourth-order valence-electron chi connectivity index (χ4n) is 2.55. The molecule has 1 heterocycles. The summed E-state index contributed by atoms with van der Waals surface area (Å²) >= 11 is 0. The highest BCUT2D eigenvalue weighted by molar-refractivity contribution is 7.89. The second-order valence-corrected chi connectivity index (χ2v) is 7.54. The third-order valence-electron chi connectivity index (χ3n) is 3.91. The van der Waals surface area contributed by atoms with Crippen molar-refractivity contribution >= 4 is 10.0 Å². The Balaban J connectivity index is 2.11. The topological polar surface area (TPSA) is 66.6 Å². The molecule has 2 N–H and O–H groups in total. The Hall–Kier alpha value is -0.950. The zero-order chi connectivity index (χ0) is 15.3. The van der Waals surface area contributed by atoms with Crippen molar-refractivity contribution < 1.29 is 8.42 Å². The molecule has 1 aliphatic rings. The largest absolute Gasteiger partial charge is 0.330 e. The number of hydrogen-bond acceptors (Lipinski definition) is 4. The van der Waals surface area contributed by atoms with E-state index in [0.29, 0.717) is 24.5 Å². The van der Waals surface area contributed by atoms with Crippen molar-refractivity contribution in [2.45, 2.75) is 24.2 Å². The first-order valence-corrected chi connectivity index (χ1v) is 8.96. The van der Waals surface area contributed by atoms with Crippen molar-refractivity contribution in [1.82, 2.24) is 9.21 Å². The zero-order valence-corrected chi connectivity index (χ0v) is 13.5. The third-order valence-corrected chi connectivity index (χ3v) is 5.82. The average Bonchev–Trinajstić information content (AvgIpc) is 2.70. The summed E-state index contributed by atoms with van der Waals surface area (Å²) in [6.07, 6.45) is 2.69. The number of nitrogens with two attached hydrogens (primary N) is 1. The first-order chi connectivity index (χ1) is 10.0. The summed E-state index contributed by atoms with van der Waals surface area (Å²) in [4.78, 5) is 2.56. The maximum atomic E-state index is 12.7. The maximum absolute atomic E-state index is 12.7. The predicted molar refractivity (Wildman–Crippen MR) is 84.7 cm³/mol. The van der Waals surface area contributed by atoms with Crippen LogP contribution < -0.4 is 5.73 Å². The number of nitrogens with zero attached hydrogens (tertiary/aromatic N) is 2. The molecule has 0 saturated carbocycles. The van der Waals surface area contributed by atoms with Crippen LogP contribution in [-0.2, 0) is 16.4 Å². The van der Waals surface area contributed by atoms with Crippen LogP contribution in [0, 0.1) is 0 Å². The number of likely N-dealkylation sites (N-methyl/N-ethyl adjacent to an activating group) is 1. The summed E-state index contributed by atoms with van der Waals surface area (Å²) in [6, 6.07) is 7.23. The van der Waals surface area contributed by atoms with Crippen LogP contribution in [0.3, 0.4) is 0 Å². The van der Waals surface area contributed by atoms with E-state index in [1.54, 1.807) is 16.4 Å². The van der Waals surface area contributed by atoms with Crippen molar-refractivity contribution in [2.24, 2.45) is 5.73 Å². The molecule has 0 unspecified atom stereocenters. The lowest BCUT2D eigenvalue weighted by Crippen LogP contribution is -2.34. The maximum Gasteiger partial charge on any atom is 0.243 e. The van der Waals surface area contributed by atoms with Crippen molar-refractivity contribution in [3.63, 3.8) is 0 Å². The number of benzene rings is 1. The first kappa shape index (κ1) is 16.4. The van der Waals surface area contributed by atoms with Crippen molar-refractivity contribution in [1.29, 1.82) is 0 Å². The van der Waals surface area contributed by atoms with Gasteiger partial charge in [0.1, 0.15) is 0 Å². The summed E-state index contributed by atoms with van der Waals surface area (Å²) in [5.74, 6) is 0. The molecule has 5 nitrogen and oxygen atoms in total. The van der Waals surface area contributed by atoms with Gasteiger partial charge < -0.3 is 10.6 Å². The molecule has 0 radical (unpaired) electrons. The molecule has 0 bridgehead atoms. The lowest BCUT2D eigenvalue weighted by Gasteiger charge is -2.20. The summed E-state index contributed by atoms with van der Waals surface area (Å²) in [5, 5.41) is 0. The van der Waals surface area contributed by atoms with Gasteiger partial charge >= 0.3 is 0 Å². The second kappa shape index (κ2) is 7.35. The van der Waals surface area contributed by atoms with Gasteiger partial charge in [0.15, 0.2) is 0 Å². The van der Waals surface area contributed by atoms with Gasteiger partial charge in [-0.25, -0.2) is 8.42 Å². The van der Waals surface area contributed by atoms with Gasteiger partial charge in [0.05, 0.1) is 4.90 Å². The van der Waals surface area contributed by atoms with Crippen LogP contribution in [0.2, 0.25) is 0 Å². The van der Waals surface area contributed by atoms with Gasteiger partial charge in [0, 0.05) is 19.6 Å². The number of hydrogen-bond donors (Lipinski definition) is 1. The van der Waals surface area contributed by atoms with E-state index >= 15 is 0 Å². The van der Waals surface area contributed by atoms with E-state index in [4.69, 9.17) is 5.73 Å². The van der Waals surface area contributed by atoms with Crippen LogP contribution in [0.15, 0.2) is 29.2 Å². The molecule has 21 heavy (non-hydrogen) atoms. The van der Waals surface area contributed by atoms with E-state index in [1.165, 1.54) is 0 Å². The minimum Gasteiger partial charge on any atom is -0.330 e. The first-order valence-electron chi connectivity index (χ1n) is 7.52. The van der Waals surface area contributed by atoms with Gasteiger partial charge in [0.25, 0.3) is 0 Å². The molecule has 2 rings (SSSR count). The van der Waals surface area contributed by atoms with Gasteiger partial charge in [-0.05, 0) is 57.1 Å². The highest BCUT2D eigenvalue weighted by Gasteiger charge is 2.25. The molecule has 1 saturated heterocycles. The third kappa shape index (κ3) is 4.26. The molecule has 0 aromatic heterocycles. The molecule has 1 aromatic rings. The van der Waals surface area contributed by atoms with Crippen molar-refractivity contribution in [2.75, 3.05) is 39.8 Å². The molecule has 0 aliphatic carbocycles. The van der Waals surface area contributed by atoms with Gasteiger partial charge in [-0.1, -0.05) is 12.1 Å². The highest BCUT2D eigenvalue weighted by Crippen LogP contribution is 2.18. The van der Waals surface area contributed by atoms with E-state index < -0.39 is 10.0 Å². The van der Waals surface area contributed by atoms with Crippen LogP contribution in [0.4, 0.5) is 0 Å². The fraction of sp³-hybridized carbons (Fsp3) is 0.600. The molecule has 118 valence electrons. The monoisotopic (exact) mass is 311 g/mol. The quantitative estimate of drug-likeness (QED) is 0.877. The Morgan fingerprint density at radius 1 is 1.10 bits per heavy atom. The van der Waals surface area contributed by atoms with Gasteiger partial charge in [-0.2, -0.15) is 4.31 Å². The minimum atomic E-state index is -3.36. The molecule has 0 amide bonds. The SMILES string of the molecule is CN1CCCN(S(=O)(=O)c2ccc(CCCN)cc2)CC1. The number of rotatable bonds is 5. The van der Waals surface area contributed by atoms with Gasteiger partial charge in [-0.15, -0.1) is 0 Å². The Bertz CT molecular complexity index is 543. The fourth-order valence-corrected chi connectivity index (χ4v) is 4.02. The van der Waals surface area contributed by atoms with E-state index in [1.807, 2.05) is 19.2 Å². The smallest absolute Gasteiger partial charge is 0.243 e. The summed E-state index contributed by atoms with van der Waals surface area (Å²) < 4.78 is 26.9. The van der Waals surface area contributed by atoms with Crippen LogP contribution >= 0.6 is 0 Å². The normalized spacial score (nSPS) is 18.6. The Kier molecular flexibility index (Phi) is 5.75. The molecular formula is C15H25N3O2S. The lowest BCUT2D eigenvalue weighted by molar-refractivity contribution is 0.347. The second-order valence-electron chi connectivity index (χ2n) is 5.60. The Labute approximate surface area is 127 Å². The van der Waals surface area contributed by atoms with Gasteiger partial charge in [-0.3, -0.25) is 0 Å². The molecule has 1 fully saturated rings. The molecular weight excluding hydrogens is 286 g/mol. The molecule has 0 atom stereocenters. The standard InChI is InChI=1S/C15H25N3O2S/c1-17-10-3-11-18(13-12-17)21(19,20)15-7-5-14(6-8-15)4-2-9-16/h5-8H,2-4,9-13,16H2,1H3. The van der Waals surface area contributed by atoms with E-state index in [0.717, 1.165) is 37.9 Å². The van der Waals surface area contributed by atoms with Crippen molar-refractivity contribution in [3.8, 4) is 0 Å². The lowest BCUT2D eigenvalue weighted by atomic mass is 10.1. The number of aryl methyl sites for hydroxylation is 1. The summed E-state index contributed by atoms with van der Waals surface area (Å²) in [5.41, 5.74) is 6.63. The van der Waals surface area contributed by atoms with E-state index in [2.05, 4.69) is 4.90 Å². The van der Waals surface area contributed by atoms with Crippen molar-refractivity contribution in [3.05, 3.63) is 29.8 Å². The summed E-state index contributed by atoms with van der Waals surface area (Å²) in [7, 11) is -1.33. The Morgan fingerprint density at radius 2 is 1.81 bits per heavy atom. The Morgan fingerprint density at radius 3 is 2.48 bits per heavy atom. The van der Waals surface area contributed by atoms with Crippen LogP contribution in [0.5, 0.6) is 0 Å². The highest BCUT2D eigenvalue weighted by atomic mass is 32.2. The van der Waals surface area contributed by atoms with E-state index in [-0.39, 0.29) is 0 Å².